The molecule has 0 aliphatic rings. The van der Waals surface area contributed by atoms with Crippen molar-refractivity contribution in [3.8, 4) is 0 Å². The van der Waals surface area contributed by atoms with Gasteiger partial charge in [0.05, 0.1) is 15.5 Å². The van der Waals surface area contributed by atoms with Crippen LogP contribution in [0.1, 0.15) is 16.8 Å². The summed E-state index contributed by atoms with van der Waals surface area (Å²) in [6.45, 7) is 0.0203. The third-order valence-electron chi connectivity index (χ3n) is 3.37. The largest absolute Gasteiger partial charge is 0.452 e. The van der Waals surface area contributed by atoms with Crippen LogP contribution in [-0.2, 0) is 9.53 Å². The highest BCUT2D eigenvalue weighted by atomic mass is 35.5. The number of amides is 1. The summed E-state index contributed by atoms with van der Waals surface area (Å²) in [7, 11) is 0. The summed E-state index contributed by atoms with van der Waals surface area (Å²) >= 11 is 7.54. The van der Waals surface area contributed by atoms with E-state index in [1.54, 1.807) is 11.8 Å². The van der Waals surface area contributed by atoms with Crippen molar-refractivity contribution in [2.75, 3.05) is 18.9 Å². The van der Waals surface area contributed by atoms with Gasteiger partial charge in [-0.15, -0.1) is 11.8 Å². The average molecular weight is 409 g/mol. The smallest absolute Gasteiger partial charge is 0.340 e. The third kappa shape index (κ3) is 6.92. The van der Waals surface area contributed by atoms with E-state index < -0.39 is 23.4 Å². The van der Waals surface area contributed by atoms with E-state index in [9.17, 15) is 19.7 Å². The summed E-state index contributed by atoms with van der Waals surface area (Å²) in [4.78, 5) is 34.8. The molecule has 0 unspecified atom stereocenters. The quantitative estimate of drug-likeness (QED) is 0.223. The molecule has 0 bridgehead atoms. The fraction of sp³-hybridized carbons (Fsp3) is 0.222. The van der Waals surface area contributed by atoms with Crippen molar-refractivity contribution in [1.29, 1.82) is 0 Å². The first kappa shape index (κ1) is 20.7. The van der Waals surface area contributed by atoms with E-state index in [4.69, 9.17) is 16.3 Å². The Hall–Kier alpha value is -2.58. The molecule has 0 aromatic heterocycles. The molecule has 7 nitrogen and oxygen atoms in total. The van der Waals surface area contributed by atoms with E-state index in [-0.39, 0.29) is 16.3 Å². The molecule has 0 atom stereocenters. The van der Waals surface area contributed by atoms with Gasteiger partial charge in [-0.2, -0.15) is 0 Å². The van der Waals surface area contributed by atoms with E-state index in [1.807, 2.05) is 30.3 Å². The molecule has 0 aliphatic heterocycles. The second kappa shape index (κ2) is 10.5. The number of esters is 1. The Bertz CT molecular complexity index is 817. The lowest BCUT2D eigenvalue weighted by Gasteiger charge is -2.07. The Morgan fingerprint density at radius 3 is 2.59 bits per heavy atom. The van der Waals surface area contributed by atoms with Crippen molar-refractivity contribution in [1.82, 2.24) is 5.32 Å². The molecule has 9 heteroatoms. The SMILES string of the molecule is O=C(COC(=O)c1ccc([N+](=O)[O-])cc1Cl)NCCCSc1ccccc1. The number of nitro benzene ring substituents is 1. The molecular formula is C18H17ClN2O5S. The van der Waals surface area contributed by atoms with Crippen LogP contribution in [0.4, 0.5) is 5.69 Å². The van der Waals surface area contributed by atoms with Gasteiger partial charge in [-0.1, -0.05) is 29.8 Å². The number of carbonyl (C=O) groups excluding carboxylic acids is 2. The molecule has 0 saturated carbocycles. The monoisotopic (exact) mass is 408 g/mol. The normalized spacial score (nSPS) is 10.3. The Balaban J connectivity index is 1.67. The zero-order valence-corrected chi connectivity index (χ0v) is 15.8. The van der Waals surface area contributed by atoms with Gasteiger partial charge in [-0.25, -0.2) is 4.79 Å². The number of nitro groups is 1. The number of nitrogens with zero attached hydrogens (tertiary/aromatic N) is 1. The van der Waals surface area contributed by atoms with Crippen LogP contribution in [0.5, 0.6) is 0 Å². The second-order valence-electron chi connectivity index (χ2n) is 5.36. The van der Waals surface area contributed by atoms with Gasteiger partial charge in [0.25, 0.3) is 11.6 Å². The summed E-state index contributed by atoms with van der Waals surface area (Å²) in [6.07, 6.45) is 0.771. The third-order valence-corrected chi connectivity index (χ3v) is 4.78. The summed E-state index contributed by atoms with van der Waals surface area (Å²) in [5, 5.41) is 13.2. The first-order valence-electron chi connectivity index (χ1n) is 8.03. The van der Waals surface area contributed by atoms with Crippen LogP contribution in [0.25, 0.3) is 0 Å². The number of ether oxygens (including phenoxy) is 1. The lowest BCUT2D eigenvalue weighted by molar-refractivity contribution is -0.384. The summed E-state index contributed by atoms with van der Waals surface area (Å²) < 4.78 is 4.89. The number of non-ortho nitro benzene ring substituents is 1. The lowest BCUT2D eigenvalue weighted by Crippen LogP contribution is -2.29. The lowest BCUT2D eigenvalue weighted by atomic mass is 10.2. The Kier molecular flexibility index (Phi) is 8.09. The number of hydrogen-bond donors (Lipinski definition) is 1. The molecule has 142 valence electrons. The standard InChI is InChI=1S/C18H17ClN2O5S/c19-16-11-13(21(24)25)7-8-15(16)18(23)26-12-17(22)20-9-4-10-27-14-5-2-1-3-6-14/h1-3,5-8,11H,4,9-10,12H2,(H,20,22). The van der Waals surface area contributed by atoms with Crippen molar-refractivity contribution in [2.24, 2.45) is 0 Å². The molecule has 2 aromatic carbocycles. The molecule has 0 aliphatic carbocycles. The van der Waals surface area contributed by atoms with Crippen LogP contribution in [0.2, 0.25) is 5.02 Å². The second-order valence-corrected chi connectivity index (χ2v) is 6.94. The molecule has 0 radical (unpaired) electrons. The maximum Gasteiger partial charge on any atom is 0.340 e. The summed E-state index contributed by atoms with van der Waals surface area (Å²) in [5.74, 6) is -0.390. The van der Waals surface area contributed by atoms with Gasteiger partial charge in [0.1, 0.15) is 0 Å². The van der Waals surface area contributed by atoms with Crippen LogP contribution in [0, 0.1) is 10.1 Å². The van der Waals surface area contributed by atoms with E-state index in [0.29, 0.717) is 6.54 Å². The zero-order valence-electron chi connectivity index (χ0n) is 14.2. The van der Waals surface area contributed by atoms with Crippen LogP contribution < -0.4 is 5.32 Å². The van der Waals surface area contributed by atoms with Gasteiger partial charge in [-0.3, -0.25) is 14.9 Å². The molecule has 0 spiro atoms. The first-order valence-corrected chi connectivity index (χ1v) is 9.39. The molecule has 0 heterocycles. The number of benzene rings is 2. The minimum atomic E-state index is -0.815. The van der Waals surface area contributed by atoms with E-state index in [1.165, 1.54) is 6.07 Å². The van der Waals surface area contributed by atoms with E-state index >= 15 is 0 Å². The molecule has 0 saturated heterocycles. The van der Waals surface area contributed by atoms with E-state index in [0.717, 1.165) is 29.2 Å². The average Bonchev–Trinajstić information content (AvgIpc) is 2.66. The fourth-order valence-electron chi connectivity index (χ4n) is 2.05. The maximum absolute atomic E-state index is 11.9. The Morgan fingerprint density at radius 1 is 1.19 bits per heavy atom. The Morgan fingerprint density at radius 2 is 1.93 bits per heavy atom. The van der Waals surface area contributed by atoms with Crippen LogP contribution >= 0.6 is 23.4 Å². The highest BCUT2D eigenvalue weighted by molar-refractivity contribution is 7.99. The predicted octanol–water partition coefficient (Wildman–Crippen LogP) is 3.70. The number of nitrogens with one attached hydrogen (secondary N) is 1. The molecular weight excluding hydrogens is 392 g/mol. The molecule has 0 fully saturated rings. The zero-order chi connectivity index (χ0) is 19.6. The highest BCUT2D eigenvalue weighted by Gasteiger charge is 2.17. The van der Waals surface area contributed by atoms with Gasteiger partial charge in [0.2, 0.25) is 0 Å². The minimum Gasteiger partial charge on any atom is -0.452 e. The number of carbonyl (C=O) groups is 2. The van der Waals surface area contributed by atoms with E-state index in [2.05, 4.69) is 5.32 Å². The van der Waals surface area contributed by atoms with Crippen molar-refractivity contribution in [3.63, 3.8) is 0 Å². The summed E-state index contributed by atoms with van der Waals surface area (Å²) in [5.41, 5.74) is -0.267. The molecule has 1 amide bonds. The highest BCUT2D eigenvalue weighted by Crippen LogP contribution is 2.23. The number of halogens is 1. The topological polar surface area (TPSA) is 98.5 Å². The Labute approximate surface area is 165 Å². The number of rotatable bonds is 9. The van der Waals surface area contributed by atoms with Gasteiger partial charge in [0.15, 0.2) is 6.61 Å². The first-order chi connectivity index (χ1) is 13.0. The van der Waals surface area contributed by atoms with Crippen molar-refractivity contribution >= 4 is 40.9 Å². The van der Waals surface area contributed by atoms with Crippen molar-refractivity contribution in [2.45, 2.75) is 11.3 Å². The van der Waals surface area contributed by atoms with Crippen LogP contribution in [0.3, 0.4) is 0 Å². The van der Waals surface area contributed by atoms with Crippen molar-refractivity contribution < 1.29 is 19.2 Å². The number of thioether (sulfide) groups is 1. The summed E-state index contributed by atoms with van der Waals surface area (Å²) in [6, 6.07) is 13.3. The van der Waals surface area contributed by atoms with Crippen molar-refractivity contribution in [3.05, 3.63) is 69.2 Å². The fourth-order valence-corrected chi connectivity index (χ4v) is 3.18. The number of hydrogen-bond acceptors (Lipinski definition) is 6. The van der Waals surface area contributed by atoms with Gasteiger partial charge in [-0.05, 0) is 30.4 Å². The predicted molar refractivity (Wildman–Crippen MR) is 103 cm³/mol. The van der Waals surface area contributed by atoms with Gasteiger partial charge >= 0.3 is 5.97 Å². The maximum atomic E-state index is 11.9. The molecule has 2 rings (SSSR count). The molecule has 2 aromatic rings. The molecule has 1 N–H and O–H groups in total. The minimum absolute atomic E-state index is 0.0330. The van der Waals surface area contributed by atoms with Crippen LogP contribution in [0.15, 0.2) is 53.4 Å². The van der Waals surface area contributed by atoms with Gasteiger partial charge in [0, 0.05) is 23.6 Å². The molecule has 27 heavy (non-hydrogen) atoms. The van der Waals surface area contributed by atoms with Crippen LogP contribution in [-0.4, -0.2) is 35.7 Å². The van der Waals surface area contributed by atoms with Gasteiger partial charge < -0.3 is 10.1 Å².